The predicted molar refractivity (Wildman–Crippen MR) is 97.6 cm³/mol. The Hall–Kier alpha value is -1.76. The smallest absolute Gasteiger partial charge is 0.271 e. The van der Waals surface area contributed by atoms with E-state index in [-0.39, 0.29) is 16.7 Å². The van der Waals surface area contributed by atoms with E-state index < -0.39 is 11.2 Å². The van der Waals surface area contributed by atoms with Gasteiger partial charge in [0.15, 0.2) is 0 Å². The molecule has 7 heteroatoms. The lowest BCUT2D eigenvalue weighted by Crippen LogP contribution is -2.69. The van der Waals surface area contributed by atoms with Gasteiger partial charge < -0.3 is 10.3 Å². The first-order valence-electron chi connectivity index (χ1n) is 9.16. The fraction of sp³-hybridized carbons (Fsp3) is 0.632. The lowest BCUT2D eigenvalue weighted by Gasteiger charge is -2.67. The van der Waals surface area contributed by atoms with E-state index in [1.165, 1.54) is 11.3 Å². The van der Waals surface area contributed by atoms with Crippen molar-refractivity contribution in [1.82, 2.24) is 20.3 Å². The van der Waals surface area contributed by atoms with Crippen LogP contribution in [0.1, 0.15) is 62.9 Å². The highest BCUT2D eigenvalue weighted by Gasteiger charge is 2.66. The molecule has 0 spiro atoms. The van der Waals surface area contributed by atoms with Crippen molar-refractivity contribution < 1.29 is 9.18 Å². The fourth-order valence-electron chi connectivity index (χ4n) is 6.86. The van der Waals surface area contributed by atoms with E-state index in [4.69, 9.17) is 0 Å². The summed E-state index contributed by atoms with van der Waals surface area (Å²) in [6, 6.07) is 0. The van der Waals surface area contributed by atoms with Gasteiger partial charge in [0.25, 0.3) is 5.91 Å². The van der Waals surface area contributed by atoms with Crippen LogP contribution in [0, 0.1) is 10.8 Å². The molecule has 0 radical (unpaired) electrons. The molecule has 4 fully saturated rings. The summed E-state index contributed by atoms with van der Waals surface area (Å²) in [5.41, 5.74) is -0.426. The topological polar surface area (TPSA) is 70.7 Å². The quantitative estimate of drug-likeness (QED) is 0.849. The van der Waals surface area contributed by atoms with Gasteiger partial charge in [0.1, 0.15) is 16.4 Å². The van der Waals surface area contributed by atoms with E-state index in [9.17, 15) is 4.79 Å². The summed E-state index contributed by atoms with van der Waals surface area (Å²) in [4.78, 5) is 24.3. The Morgan fingerprint density at radius 2 is 1.92 bits per heavy atom. The van der Waals surface area contributed by atoms with Crippen LogP contribution in [0.15, 0.2) is 17.9 Å². The van der Waals surface area contributed by atoms with Crippen LogP contribution in [-0.2, 0) is 0 Å². The second-order valence-corrected chi connectivity index (χ2v) is 10.4. The summed E-state index contributed by atoms with van der Waals surface area (Å²) < 4.78 is 15.5. The molecule has 26 heavy (non-hydrogen) atoms. The first-order chi connectivity index (χ1) is 12.2. The van der Waals surface area contributed by atoms with Crippen molar-refractivity contribution in [3.05, 3.63) is 23.6 Å². The van der Waals surface area contributed by atoms with Crippen molar-refractivity contribution in [2.45, 2.75) is 63.6 Å². The Morgan fingerprint density at radius 1 is 1.19 bits per heavy atom. The molecule has 5 nitrogen and oxygen atoms in total. The minimum absolute atomic E-state index is 0.0192. The fourth-order valence-corrected chi connectivity index (χ4v) is 7.64. The summed E-state index contributed by atoms with van der Waals surface area (Å²) in [6.45, 7) is 4.38. The standard InChI is InChI=1S/C19H23FN4OS/c1-16-5-17(2)7-18(20,6-16)10-19(8-16,9-17)24-14(25)13-4-26-15(23-13)12-3-21-11-22-12/h3-4,11H,5-10H2,1-2H3,(H,21,22)(H,24,25). The minimum atomic E-state index is -1.14. The monoisotopic (exact) mass is 374 g/mol. The largest absolute Gasteiger partial charge is 0.345 e. The Kier molecular flexibility index (Phi) is 3.12. The van der Waals surface area contributed by atoms with Crippen molar-refractivity contribution in [3.63, 3.8) is 0 Å². The molecule has 0 aliphatic heterocycles. The lowest BCUT2D eigenvalue weighted by atomic mass is 9.42. The molecule has 4 saturated carbocycles. The molecule has 2 aromatic heterocycles. The van der Waals surface area contributed by atoms with Gasteiger partial charge in [-0.15, -0.1) is 11.3 Å². The van der Waals surface area contributed by atoms with Crippen LogP contribution < -0.4 is 5.32 Å². The average molecular weight is 374 g/mol. The zero-order valence-corrected chi connectivity index (χ0v) is 15.9. The third-order valence-corrected chi connectivity index (χ3v) is 7.25. The van der Waals surface area contributed by atoms with Crippen molar-refractivity contribution in [2.75, 3.05) is 0 Å². The molecule has 138 valence electrons. The molecule has 4 aliphatic carbocycles. The number of H-pyrrole nitrogens is 1. The first kappa shape index (κ1) is 16.4. The summed E-state index contributed by atoms with van der Waals surface area (Å²) in [5.74, 6) is -0.190. The first-order valence-corrected chi connectivity index (χ1v) is 10.0. The Morgan fingerprint density at radius 3 is 2.54 bits per heavy atom. The second kappa shape index (κ2) is 4.94. The van der Waals surface area contributed by atoms with Gasteiger partial charge in [-0.05, 0) is 42.9 Å². The second-order valence-electron chi connectivity index (χ2n) is 9.57. The van der Waals surface area contributed by atoms with Crippen molar-refractivity contribution in [1.29, 1.82) is 0 Å². The van der Waals surface area contributed by atoms with Gasteiger partial charge in [-0.1, -0.05) is 13.8 Å². The number of aromatic amines is 1. The third-order valence-electron chi connectivity index (χ3n) is 6.37. The lowest BCUT2D eigenvalue weighted by molar-refractivity contribution is -0.169. The normalized spacial score (nSPS) is 40.7. The average Bonchev–Trinajstić information content (AvgIpc) is 3.13. The van der Waals surface area contributed by atoms with E-state index in [1.807, 2.05) is 0 Å². The maximum Gasteiger partial charge on any atom is 0.271 e. The van der Waals surface area contributed by atoms with E-state index in [0.29, 0.717) is 25.0 Å². The van der Waals surface area contributed by atoms with Crippen LogP contribution >= 0.6 is 11.3 Å². The highest BCUT2D eigenvalue weighted by molar-refractivity contribution is 7.13. The maximum absolute atomic E-state index is 15.5. The zero-order valence-electron chi connectivity index (χ0n) is 15.1. The number of halogens is 1. The number of carbonyl (C=O) groups is 1. The number of imidazole rings is 1. The highest BCUT2D eigenvalue weighted by Crippen LogP contribution is 2.68. The number of nitrogens with zero attached hydrogens (tertiary/aromatic N) is 2. The number of aromatic nitrogens is 3. The van der Waals surface area contributed by atoms with E-state index >= 15 is 4.39 Å². The SMILES string of the molecule is CC12CC3(C)CC(F)(C1)CC(NC(=O)c1csc(-c4cnc[nH]4)n1)(C2)C3. The molecular formula is C19H23FN4OS. The minimum Gasteiger partial charge on any atom is -0.345 e. The number of nitrogens with one attached hydrogen (secondary N) is 2. The number of amides is 1. The van der Waals surface area contributed by atoms with Gasteiger partial charge >= 0.3 is 0 Å². The van der Waals surface area contributed by atoms with Crippen LogP contribution in [0.3, 0.4) is 0 Å². The predicted octanol–water partition coefficient (Wildman–Crippen LogP) is 4.10. The molecule has 6 rings (SSSR count). The number of thiazole rings is 1. The van der Waals surface area contributed by atoms with E-state index in [0.717, 1.165) is 30.0 Å². The number of carbonyl (C=O) groups excluding carboxylic acids is 1. The molecule has 4 bridgehead atoms. The number of alkyl halides is 1. The maximum atomic E-state index is 15.5. The zero-order chi connectivity index (χ0) is 18.2. The van der Waals surface area contributed by atoms with Gasteiger partial charge in [-0.3, -0.25) is 4.79 Å². The van der Waals surface area contributed by atoms with Crippen LogP contribution in [0.25, 0.3) is 10.7 Å². The van der Waals surface area contributed by atoms with E-state index in [1.54, 1.807) is 17.9 Å². The van der Waals surface area contributed by atoms with Crippen LogP contribution in [0.4, 0.5) is 4.39 Å². The summed E-state index contributed by atoms with van der Waals surface area (Å²) in [7, 11) is 0. The van der Waals surface area contributed by atoms with Gasteiger partial charge in [-0.2, -0.15) is 0 Å². The Bertz CT molecular complexity index is 822. The molecule has 1 amide bonds. The number of rotatable bonds is 3. The van der Waals surface area contributed by atoms with Crippen LogP contribution in [0.2, 0.25) is 0 Å². The number of hydrogen-bond acceptors (Lipinski definition) is 4. The Balaban J connectivity index is 1.42. The summed E-state index contributed by atoms with van der Waals surface area (Å²) >= 11 is 1.41. The molecular weight excluding hydrogens is 351 g/mol. The molecule has 2 aromatic rings. The van der Waals surface area contributed by atoms with Crippen molar-refractivity contribution in [3.8, 4) is 10.7 Å². The van der Waals surface area contributed by atoms with Gasteiger partial charge in [0, 0.05) is 17.3 Å². The molecule has 0 aromatic carbocycles. The summed E-state index contributed by atoms with van der Waals surface area (Å²) in [5, 5.41) is 5.71. The third kappa shape index (κ3) is 2.51. The highest BCUT2D eigenvalue weighted by atomic mass is 32.1. The van der Waals surface area contributed by atoms with Crippen molar-refractivity contribution >= 4 is 17.2 Å². The molecule has 2 heterocycles. The molecule has 0 saturated heterocycles. The van der Waals surface area contributed by atoms with Gasteiger partial charge in [0.2, 0.25) is 0 Å². The number of hydrogen-bond donors (Lipinski definition) is 2. The molecule has 2 N–H and O–H groups in total. The van der Waals surface area contributed by atoms with E-state index in [2.05, 4.69) is 34.1 Å². The van der Waals surface area contributed by atoms with Gasteiger partial charge in [-0.25, -0.2) is 14.4 Å². The van der Waals surface area contributed by atoms with Gasteiger partial charge in [0.05, 0.1) is 18.2 Å². The summed E-state index contributed by atoms with van der Waals surface area (Å²) in [6.07, 6.45) is 7.78. The molecule has 2 unspecified atom stereocenters. The molecule has 2 atom stereocenters. The van der Waals surface area contributed by atoms with Crippen LogP contribution in [-0.4, -0.2) is 32.1 Å². The Labute approximate surface area is 155 Å². The van der Waals surface area contributed by atoms with Crippen molar-refractivity contribution in [2.24, 2.45) is 10.8 Å². The molecule has 4 aliphatic rings. The van der Waals surface area contributed by atoms with Crippen LogP contribution in [0.5, 0.6) is 0 Å².